The van der Waals surface area contributed by atoms with Crippen LogP contribution in [0.1, 0.15) is 55.1 Å². The van der Waals surface area contributed by atoms with E-state index in [1.807, 2.05) is 19.1 Å². The van der Waals surface area contributed by atoms with Gasteiger partial charge in [-0.05, 0) is 36.5 Å². The number of aryl methyl sites for hydroxylation is 1. The molecule has 0 amide bonds. The van der Waals surface area contributed by atoms with Gasteiger partial charge in [0.25, 0.3) is 0 Å². The van der Waals surface area contributed by atoms with Crippen LogP contribution in [0.2, 0.25) is 0 Å². The lowest BCUT2D eigenvalue weighted by Crippen LogP contribution is -2.32. The van der Waals surface area contributed by atoms with Crippen molar-refractivity contribution in [3.05, 3.63) is 58.2 Å². The zero-order valence-electron chi connectivity index (χ0n) is 13.8. The third-order valence-electron chi connectivity index (χ3n) is 5.08. The van der Waals surface area contributed by atoms with Crippen molar-refractivity contribution in [3.8, 4) is 0 Å². The van der Waals surface area contributed by atoms with Crippen molar-refractivity contribution in [1.29, 1.82) is 0 Å². The number of carbonyl (C=O) groups excluding carboxylic acids is 1. The number of fused-ring (bicyclic) bond motifs is 1. The smallest absolute Gasteiger partial charge is 0.160 e. The number of aromatic amines is 1. The number of allylic oxidation sites excluding steroid dienone is 2. The van der Waals surface area contributed by atoms with Gasteiger partial charge in [-0.2, -0.15) is 5.10 Å². The molecule has 0 radical (unpaired) electrons. The maximum Gasteiger partial charge on any atom is 0.160 e. The van der Waals surface area contributed by atoms with Crippen LogP contribution in [0.5, 0.6) is 0 Å². The van der Waals surface area contributed by atoms with Crippen LogP contribution < -0.4 is 0 Å². The topological polar surface area (TPSA) is 58.6 Å². The zero-order chi connectivity index (χ0) is 16.2. The lowest BCUT2D eigenvalue weighted by Gasteiger charge is -2.38. The molecule has 0 fully saturated rings. The van der Waals surface area contributed by atoms with E-state index in [1.54, 1.807) is 12.4 Å². The summed E-state index contributed by atoms with van der Waals surface area (Å²) in [5.74, 6) is 0.295. The fourth-order valence-corrected chi connectivity index (χ4v) is 4.23. The summed E-state index contributed by atoms with van der Waals surface area (Å²) in [6, 6.07) is 4.04. The molecule has 23 heavy (non-hydrogen) atoms. The van der Waals surface area contributed by atoms with Crippen LogP contribution in [-0.4, -0.2) is 21.0 Å². The molecule has 0 saturated heterocycles. The van der Waals surface area contributed by atoms with Gasteiger partial charge in [0.2, 0.25) is 0 Å². The molecular formula is C19H21N3O. The number of ketones is 1. The Bertz CT molecular complexity index is 814. The molecule has 0 saturated carbocycles. The van der Waals surface area contributed by atoms with Gasteiger partial charge in [0.05, 0.1) is 5.69 Å². The fourth-order valence-electron chi connectivity index (χ4n) is 4.23. The Hall–Kier alpha value is -2.23. The zero-order valence-corrected chi connectivity index (χ0v) is 13.8. The predicted octanol–water partition coefficient (Wildman–Crippen LogP) is 3.49. The number of nitrogens with one attached hydrogen (secondary N) is 1. The molecule has 2 aromatic heterocycles. The van der Waals surface area contributed by atoms with E-state index in [-0.39, 0.29) is 11.3 Å². The molecule has 118 valence electrons. The van der Waals surface area contributed by atoms with Crippen molar-refractivity contribution in [3.63, 3.8) is 0 Å². The van der Waals surface area contributed by atoms with E-state index in [4.69, 9.17) is 0 Å². The Morgan fingerprint density at radius 1 is 1.22 bits per heavy atom. The van der Waals surface area contributed by atoms with Crippen LogP contribution in [-0.2, 0) is 11.2 Å². The minimum absolute atomic E-state index is 0.000833. The highest BCUT2D eigenvalue weighted by molar-refractivity contribution is 6.00. The van der Waals surface area contributed by atoms with E-state index >= 15 is 0 Å². The van der Waals surface area contributed by atoms with E-state index < -0.39 is 0 Å². The lowest BCUT2D eigenvalue weighted by atomic mass is 9.65. The number of carbonyl (C=O) groups is 1. The summed E-state index contributed by atoms with van der Waals surface area (Å²) >= 11 is 0. The van der Waals surface area contributed by atoms with Crippen LogP contribution in [0.25, 0.3) is 0 Å². The molecule has 2 aliphatic carbocycles. The summed E-state index contributed by atoms with van der Waals surface area (Å²) in [6.07, 6.45) is 6.00. The molecule has 2 heterocycles. The van der Waals surface area contributed by atoms with E-state index in [2.05, 4.69) is 29.0 Å². The molecule has 4 nitrogen and oxygen atoms in total. The van der Waals surface area contributed by atoms with E-state index in [1.165, 1.54) is 11.1 Å². The second-order valence-electron chi connectivity index (χ2n) is 7.56. The highest BCUT2D eigenvalue weighted by atomic mass is 16.1. The van der Waals surface area contributed by atoms with Crippen LogP contribution >= 0.6 is 0 Å². The van der Waals surface area contributed by atoms with Gasteiger partial charge < -0.3 is 0 Å². The average molecular weight is 307 g/mol. The largest absolute Gasteiger partial charge is 0.294 e. The molecule has 4 rings (SSSR count). The third-order valence-corrected chi connectivity index (χ3v) is 5.08. The van der Waals surface area contributed by atoms with Gasteiger partial charge in [0, 0.05) is 48.0 Å². The number of aromatic nitrogens is 3. The number of hydrogen-bond acceptors (Lipinski definition) is 3. The fraction of sp³-hybridized carbons (Fsp3) is 0.421. The molecule has 0 aliphatic heterocycles. The van der Waals surface area contributed by atoms with Crippen LogP contribution in [0.3, 0.4) is 0 Å². The SMILES string of the molecule is Cc1[nH]nc2c1C(c1ccncc1)C1=C(C2)CC(C)(C)CC1=O. The molecule has 2 aliphatic rings. The molecular weight excluding hydrogens is 286 g/mol. The minimum atomic E-state index is -0.000833. The van der Waals surface area contributed by atoms with Crippen LogP contribution in [0, 0.1) is 12.3 Å². The highest BCUT2D eigenvalue weighted by Crippen LogP contribution is 2.49. The number of H-pyrrole nitrogens is 1. The minimum Gasteiger partial charge on any atom is -0.294 e. The Morgan fingerprint density at radius 2 is 1.96 bits per heavy atom. The summed E-state index contributed by atoms with van der Waals surface area (Å²) in [5.41, 5.74) is 6.79. The number of Topliss-reactive ketones (excluding diaryl/α,β-unsaturated/α-hetero) is 1. The second-order valence-corrected chi connectivity index (χ2v) is 7.56. The van der Waals surface area contributed by atoms with Crippen LogP contribution in [0.15, 0.2) is 35.7 Å². The normalized spacial score (nSPS) is 22.7. The molecule has 1 N–H and O–H groups in total. The first-order chi connectivity index (χ1) is 11.0. The Labute approximate surface area is 136 Å². The first-order valence-corrected chi connectivity index (χ1v) is 8.15. The first kappa shape index (κ1) is 14.4. The average Bonchev–Trinajstić information content (AvgIpc) is 2.86. The van der Waals surface area contributed by atoms with Gasteiger partial charge in [-0.3, -0.25) is 14.9 Å². The summed E-state index contributed by atoms with van der Waals surface area (Å²) in [7, 11) is 0. The predicted molar refractivity (Wildman–Crippen MR) is 88.2 cm³/mol. The third kappa shape index (κ3) is 2.24. The number of pyridine rings is 1. The lowest BCUT2D eigenvalue weighted by molar-refractivity contribution is -0.118. The van der Waals surface area contributed by atoms with Crippen molar-refractivity contribution in [2.24, 2.45) is 5.41 Å². The molecule has 0 spiro atoms. The first-order valence-electron chi connectivity index (χ1n) is 8.15. The quantitative estimate of drug-likeness (QED) is 0.877. The van der Waals surface area contributed by atoms with Crippen molar-refractivity contribution < 1.29 is 4.79 Å². The summed E-state index contributed by atoms with van der Waals surface area (Å²) in [5, 5.41) is 7.63. The number of hydrogen-bond donors (Lipinski definition) is 1. The highest BCUT2D eigenvalue weighted by Gasteiger charge is 2.41. The molecule has 4 heteroatoms. The second kappa shape index (κ2) is 4.88. The molecule has 1 unspecified atom stereocenters. The molecule has 0 bridgehead atoms. The van der Waals surface area contributed by atoms with Gasteiger partial charge in [-0.1, -0.05) is 19.4 Å². The van der Waals surface area contributed by atoms with Gasteiger partial charge in [0.15, 0.2) is 5.78 Å². The van der Waals surface area contributed by atoms with Crippen molar-refractivity contribution in [1.82, 2.24) is 15.2 Å². The van der Waals surface area contributed by atoms with E-state index in [0.29, 0.717) is 12.2 Å². The maximum atomic E-state index is 13.0. The Morgan fingerprint density at radius 3 is 2.70 bits per heavy atom. The van der Waals surface area contributed by atoms with Crippen molar-refractivity contribution in [2.75, 3.05) is 0 Å². The summed E-state index contributed by atoms with van der Waals surface area (Å²) < 4.78 is 0. The van der Waals surface area contributed by atoms with Gasteiger partial charge in [-0.15, -0.1) is 0 Å². The van der Waals surface area contributed by atoms with Gasteiger partial charge in [-0.25, -0.2) is 0 Å². The molecule has 1 atom stereocenters. The van der Waals surface area contributed by atoms with Crippen molar-refractivity contribution in [2.45, 2.75) is 46.0 Å². The van der Waals surface area contributed by atoms with E-state index in [0.717, 1.165) is 35.4 Å². The number of rotatable bonds is 1. The van der Waals surface area contributed by atoms with Gasteiger partial charge >= 0.3 is 0 Å². The van der Waals surface area contributed by atoms with Crippen LogP contribution in [0.4, 0.5) is 0 Å². The van der Waals surface area contributed by atoms with Crippen molar-refractivity contribution >= 4 is 5.78 Å². The summed E-state index contributed by atoms with van der Waals surface area (Å²) in [6.45, 7) is 6.41. The monoisotopic (exact) mass is 307 g/mol. The maximum absolute atomic E-state index is 13.0. The number of nitrogens with zero attached hydrogens (tertiary/aromatic N) is 2. The Balaban J connectivity index is 1.94. The van der Waals surface area contributed by atoms with Gasteiger partial charge in [0.1, 0.15) is 0 Å². The standard InChI is InChI=1S/C19H21N3O/c1-11-16-14(22-21-11)8-13-9-19(2,3)10-15(23)17(13)18(16)12-4-6-20-7-5-12/h4-7,18H,8-10H2,1-3H3,(H,21,22). The van der Waals surface area contributed by atoms with E-state index in [9.17, 15) is 4.79 Å². The molecule has 0 aromatic carbocycles. The Kier molecular flexibility index (Phi) is 3.05. The summed E-state index contributed by atoms with van der Waals surface area (Å²) in [4.78, 5) is 17.1. The molecule has 2 aromatic rings.